The van der Waals surface area contributed by atoms with E-state index >= 15 is 0 Å². The molecule has 0 aliphatic carbocycles. The molecule has 0 bridgehead atoms. The topological polar surface area (TPSA) is 92.3 Å². The number of carbonyl (C=O) groups excluding carboxylic acids is 1. The van der Waals surface area contributed by atoms with E-state index < -0.39 is 0 Å². The van der Waals surface area contributed by atoms with Crippen molar-refractivity contribution in [3.63, 3.8) is 0 Å². The fourth-order valence-corrected chi connectivity index (χ4v) is 5.05. The Morgan fingerprint density at radius 3 is 2.59 bits per heavy atom. The van der Waals surface area contributed by atoms with Gasteiger partial charge >= 0.3 is 0 Å². The van der Waals surface area contributed by atoms with Gasteiger partial charge in [0.15, 0.2) is 16.7 Å². The third kappa shape index (κ3) is 11.5. The Bertz CT molecular complexity index is 1380. The lowest BCUT2D eigenvalue weighted by Crippen LogP contribution is -2.31. The standard InChI is InChI=1S/C27H29ClN6O2S2.3ClH/c1-18-17-38-27(32-18)33-25-24(15-21(16-31-25)37-13-9-20-6-4-5-10-29-20)36-23-14-19(7-8-22(23)28)26(35)30-11-12-34(2)3;;;/h4-8,10,14-17H,9,11-13H2,1-3H3,(H,30,35)(H,31,32,33);3*1H. The summed E-state index contributed by atoms with van der Waals surface area (Å²) in [6.45, 7) is 3.21. The number of hydrogen-bond acceptors (Lipinski definition) is 9. The van der Waals surface area contributed by atoms with Crippen LogP contribution in [0.2, 0.25) is 5.02 Å². The van der Waals surface area contributed by atoms with Crippen LogP contribution in [0.4, 0.5) is 10.9 Å². The molecule has 0 radical (unpaired) electrons. The number of halogens is 4. The van der Waals surface area contributed by atoms with Crippen LogP contribution in [0.3, 0.4) is 0 Å². The van der Waals surface area contributed by atoms with Crippen LogP contribution in [0.1, 0.15) is 21.7 Å². The molecule has 4 rings (SSSR count). The average Bonchev–Trinajstić information content (AvgIpc) is 3.31. The number of amides is 1. The fourth-order valence-electron chi connectivity index (χ4n) is 3.35. The van der Waals surface area contributed by atoms with Gasteiger partial charge in [-0.1, -0.05) is 17.7 Å². The molecule has 14 heteroatoms. The number of aryl methyl sites for hydroxylation is 2. The number of thiazole rings is 1. The van der Waals surface area contributed by atoms with E-state index in [1.165, 1.54) is 11.3 Å². The Labute approximate surface area is 272 Å². The zero-order valence-corrected chi connectivity index (χ0v) is 27.5. The van der Waals surface area contributed by atoms with E-state index in [0.29, 0.717) is 39.6 Å². The number of ether oxygens (including phenoxy) is 1. The number of hydrogen-bond donors (Lipinski definition) is 2. The molecule has 0 saturated carbocycles. The van der Waals surface area contributed by atoms with Crippen LogP contribution in [0.25, 0.3) is 0 Å². The third-order valence-corrected chi connectivity index (χ3v) is 7.44. The minimum atomic E-state index is -0.193. The highest BCUT2D eigenvalue weighted by molar-refractivity contribution is 7.99. The molecule has 0 unspecified atom stereocenters. The van der Waals surface area contributed by atoms with Crippen LogP contribution >= 0.6 is 71.9 Å². The third-order valence-electron chi connectivity index (χ3n) is 5.28. The van der Waals surface area contributed by atoms with E-state index in [0.717, 1.165) is 35.0 Å². The lowest BCUT2D eigenvalue weighted by molar-refractivity contribution is 0.0950. The summed E-state index contributed by atoms with van der Waals surface area (Å²) in [7, 11) is 3.91. The number of benzene rings is 1. The summed E-state index contributed by atoms with van der Waals surface area (Å²) in [4.78, 5) is 29.1. The van der Waals surface area contributed by atoms with Gasteiger partial charge in [-0.15, -0.1) is 60.3 Å². The Morgan fingerprint density at radius 2 is 1.90 bits per heavy atom. The van der Waals surface area contributed by atoms with Crippen molar-refractivity contribution in [1.29, 1.82) is 0 Å². The van der Waals surface area contributed by atoms with Crippen molar-refractivity contribution in [2.45, 2.75) is 18.2 Å². The minimum absolute atomic E-state index is 0. The molecular weight excluding hydrogens is 646 g/mol. The highest BCUT2D eigenvalue weighted by Crippen LogP contribution is 2.37. The molecule has 0 aliphatic heterocycles. The second-order valence-electron chi connectivity index (χ2n) is 8.66. The Kier molecular flexibility index (Phi) is 16.4. The fraction of sp³-hybridized carbons (Fsp3) is 0.259. The first-order valence-electron chi connectivity index (χ1n) is 12.0. The summed E-state index contributed by atoms with van der Waals surface area (Å²) in [6, 6.07) is 12.8. The van der Waals surface area contributed by atoms with Gasteiger partial charge in [0.25, 0.3) is 5.91 Å². The van der Waals surface area contributed by atoms with Crippen LogP contribution in [-0.4, -0.2) is 58.7 Å². The monoisotopic (exact) mass is 676 g/mol. The van der Waals surface area contributed by atoms with Gasteiger partial charge < -0.3 is 20.3 Å². The summed E-state index contributed by atoms with van der Waals surface area (Å²) < 4.78 is 6.26. The summed E-state index contributed by atoms with van der Waals surface area (Å²) in [5.41, 5.74) is 2.41. The smallest absolute Gasteiger partial charge is 0.251 e. The molecule has 2 N–H and O–H groups in total. The van der Waals surface area contributed by atoms with Crippen molar-refractivity contribution in [3.8, 4) is 11.5 Å². The molecule has 222 valence electrons. The zero-order valence-electron chi connectivity index (χ0n) is 22.6. The van der Waals surface area contributed by atoms with Crippen LogP contribution < -0.4 is 15.4 Å². The maximum absolute atomic E-state index is 12.7. The molecule has 3 aromatic heterocycles. The summed E-state index contributed by atoms with van der Waals surface area (Å²) in [5.74, 6) is 1.99. The van der Waals surface area contributed by atoms with Crippen molar-refractivity contribution in [2.24, 2.45) is 0 Å². The SMILES string of the molecule is Cc1csc(Nc2ncc(SCCc3ccccn3)cc2Oc2cc(C(=O)NCCN(C)C)ccc2Cl)n1.Cl.Cl.Cl. The van der Waals surface area contributed by atoms with Crippen molar-refractivity contribution in [1.82, 2.24) is 25.2 Å². The molecular formula is C27H32Cl4N6O2S2. The molecule has 1 aromatic carbocycles. The lowest BCUT2D eigenvalue weighted by atomic mass is 10.2. The second kappa shape index (κ2) is 18.3. The average molecular weight is 679 g/mol. The molecule has 4 aromatic rings. The summed E-state index contributed by atoms with van der Waals surface area (Å²) >= 11 is 9.62. The van der Waals surface area contributed by atoms with Gasteiger partial charge in [0.2, 0.25) is 0 Å². The van der Waals surface area contributed by atoms with Gasteiger partial charge in [0.05, 0.1) is 10.7 Å². The van der Waals surface area contributed by atoms with Gasteiger partial charge in [-0.3, -0.25) is 9.78 Å². The molecule has 0 spiro atoms. The first kappa shape index (κ1) is 36.7. The summed E-state index contributed by atoms with van der Waals surface area (Å²) in [5, 5.41) is 9.21. The van der Waals surface area contributed by atoms with Crippen molar-refractivity contribution < 1.29 is 9.53 Å². The Morgan fingerprint density at radius 1 is 1.10 bits per heavy atom. The quantitative estimate of drug-likeness (QED) is 0.151. The number of anilines is 2. The first-order valence-corrected chi connectivity index (χ1v) is 14.2. The Balaban J connectivity index is 0.00000280. The van der Waals surface area contributed by atoms with Crippen LogP contribution in [0.5, 0.6) is 11.5 Å². The number of carbonyl (C=O) groups is 1. The highest BCUT2D eigenvalue weighted by Gasteiger charge is 2.15. The number of likely N-dealkylation sites (N-methyl/N-ethyl adjacent to an activating group) is 1. The van der Waals surface area contributed by atoms with Crippen molar-refractivity contribution in [3.05, 3.63) is 82.2 Å². The number of aromatic nitrogens is 3. The zero-order chi connectivity index (χ0) is 26.9. The van der Waals surface area contributed by atoms with Crippen molar-refractivity contribution >= 4 is 88.8 Å². The minimum Gasteiger partial charge on any atom is -0.452 e. The molecule has 0 atom stereocenters. The van der Waals surface area contributed by atoms with Gasteiger partial charge in [-0.05, 0) is 63.8 Å². The molecule has 8 nitrogen and oxygen atoms in total. The van der Waals surface area contributed by atoms with Gasteiger partial charge in [0, 0.05) is 52.8 Å². The largest absolute Gasteiger partial charge is 0.452 e. The van der Waals surface area contributed by atoms with E-state index in [2.05, 4.69) is 25.6 Å². The van der Waals surface area contributed by atoms with Crippen LogP contribution in [0, 0.1) is 6.92 Å². The normalized spacial score (nSPS) is 10.2. The molecule has 3 heterocycles. The number of nitrogens with one attached hydrogen (secondary N) is 2. The van der Waals surface area contributed by atoms with E-state index in [9.17, 15) is 4.79 Å². The van der Waals surface area contributed by atoms with Gasteiger partial charge in [-0.25, -0.2) is 9.97 Å². The number of pyridine rings is 2. The van der Waals surface area contributed by atoms with Gasteiger partial charge in [0.1, 0.15) is 5.75 Å². The second-order valence-corrected chi connectivity index (χ2v) is 11.1. The lowest BCUT2D eigenvalue weighted by Gasteiger charge is -2.15. The van der Waals surface area contributed by atoms with E-state index in [1.807, 2.05) is 55.6 Å². The van der Waals surface area contributed by atoms with Gasteiger partial charge in [-0.2, -0.15) is 0 Å². The highest BCUT2D eigenvalue weighted by atomic mass is 35.5. The van der Waals surface area contributed by atoms with Crippen LogP contribution in [0.15, 0.2) is 65.1 Å². The molecule has 0 fully saturated rings. The molecule has 0 saturated heterocycles. The predicted molar refractivity (Wildman–Crippen MR) is 177 cm³/mol. The molecule has 41 heavy (non-hydrogen) atoms. The molecule has 0 aliphatic rings. The van der Waals surface area contributed by atoms with E-state index in [4.69, 9.17) is 16.3 Å². The number of thioether (sulfide) groups is 1. The maximum Gasteiger partial charge on any atom is 0.251 e. The first-order chi connectivity index (χ1) is 18.4. The number of nitrogens with zero attached hydrogens (tertiary/aromatic N) is 4. The predicted octanol–water partition coefficient (Wildman–Crippen LogP) is 7.32. The maximum atomic E-state index is 12.7. The van der Waals surface area contributed by atoms with E-state index in [1.54, 1.807) is 42.4 Å². The Hall–Kier alpha value is -2.31. The number of rotatable bonds is 12. The van der Waals surface area contributed by atoms with E-state index in [-0.39, 0.29) is 43.1 Å². The van der Waals surface area contributed by atoms with Crippen LogP contribution in [-0.2, 0) is 6.42 Å². The summed E-state index contributed by atoms with van der Waals surface area (Å²) in [6.07, 6.45) is 4.43. The molecule has 1 amide bonds. The van der Waals surface area contributed by atoms with Crippen molar-refractivity contribution in [2.75, 3.05) is 38.3 Å².